The zero-order valence-corrected chi connectivity index (χ0v) is 7.34. The summed E-state index contributed by atoms with van der Waals surface area (Å²) in [6.45, 7) is 5.53. The fraction of sp³-hybridized carbons (Fsp3) is 0.500. The van der Waals surface area contributed by atoms with Gasteiger partial charge in [0.05, 0.1) is 0 Å². The topological polar surface area (TPSA) is 74.6 Å². The molecule has 0 bridgehead atoms. The van der Waals surface area contributed by atoms with E-state index in [1.165, 1.54) is 13.8 Å². The van der Waals surface area contributed by atoms with Gasteiger partial charge in [0.2, 0.25) is 0 Å². The van der Waals surface area contributed by atoms with Crippen LogP contribution in [0.25, 0.3) is 0 Å². The minimum absolute atomic E-state index is 0.647. The van der Waals surface area contributed by atoms with Crippen molar-refractivity contribution in [1.82, 2.24) is 0 Å². The molecule has 0 heterocycles. The van der Waals surface area contributed by atoms with Crippen LogP contribution in [0, 0.1) is 0 Å². The van der Waals surface area contributed by atoms with E-state index in [1.807, 2.05) is 0 Å². The van der Waals surface area contributed by atoms with E-state index in [2.05, 4.69) is 6.58 Å². The number of carbonyl (C=O) groups excluding carboxylic acids is 1. The Balaban J connectivity index is 4.89. The number of ketones is 1. The van der Waals surface area contributed by atoms with Gasteiger partial charge in [-0.2, -0.15) is 0 Å². The van der Waals surface area contributed by atoms with Gasteiger partial charge < -0.3 is 9.79 Å². The first-order valence-electron chi connectivity index (χ1n) is 2.96. The molecule has 0 atom stereocenters. The van der Waals surface area contributed by atoms with Crippen LogP contribution in [0.2, 0.25) is 0 Å². The lowest BCUT2D eigenvalue weighted by atomic mass is 10.1. The molecule has 5 heteroatoms. The van der Waals surface area contributed by atoms with Gasteiger partial charge in [-0.15, -0.1) is 0 Å². The zero-order chi connectivity index (χ0) is 9.28. The minimum Gasteiger partial charge on any atom is -0.324 e. The van der Waals surface area contributed by atoms with Crippen LogP contribution in [-0.4, -0.2) is 20.7 Å². The maximum atomic E-state index is 10.9. The Morgan fingerprint density at radius 2 is 1.91 bits per heavy atom. The zero-order valence-electron chi connectivity index (χ0n) is 6.44. The van der Waals surface area contributed by atoms with Crippen molar-refractivity contribution in [2.45, 2.75) is 19.0 Å². The van der Waals surface area contributed by atoms with Crippen molar-refractivity contribution < 1.29 is 19.1 Å². The Kier molecular flexibility index (Phi) is 2.78. The average molecular weight is 178 g/mol. The monoisotopic (exact) mass is 178 g/mol. The number of allylic oxidation sites excluding steroid dienone is 1. The number of carbonyl (C=O) groups is 1. The van der Waals surface area contributed by atoms with Crippen molar-refractivity contribution >= 4 is 13.4 Å². The summed E-state index contributed by atoms with van der Waals surface area (Å²) in [5.74, 6) is -0.647. The summed E-state index contributed by atoms with van der Waals surface area (Å²) in [6, 6.07) is 0. The molecule has 2 N–H and O–H groups in total. The van der Waals surface area contributed by atoms with E-state index in [4.69, 9.17) is 9.79 Å². The fourth-order valence-corrected chi connectivity index (χ4v) is 0.772. The number of hydrogen-bond donors (Lipinski definition) is 2. The third-order valence-corrected chi connectivity index (χ3v) is 3.19. The van der Waals surface area contributed by atoms with Gasteiger partial charge in [-0.3, -0.25) is 9.36 Å². The number of rotatable bonds is 3. The Labute approximate surface area is 65.1 Å². The summed E-state index contributed by atoms with van der Waals surface area (Å²) in [5, 5.41) is -1.64. The van der Waals surface area contributed by atoms with Crippen LogP contribution in [0.1, 0.15) is 13.8 Å². The molecule has 0 aromatic carbocycles. The molecule has 0 amide bonds. The first kappa shape index (κ1) is 10.6. The third kappa shape index (κ3) is 1.99. The van der Waals surface area contributed by atoms with E-state index < -0.39 is 18.5 Å². The summed E-state index contributed by atoms with van der Waals surface area (Å²) in [4.78, 5) is 28.2. The number of hydrogen-bond acceptors (Lipinski definition) is 2. The molecule has 0 aliphatic heterocycles. The van der Waals surface area contributed by atoms with E-state index in [0.717, 1.165) is 6.08 Å². The molecule has 0 unspecified atom stereocenters. The standard InChI is InChI=1S/C6H11O4P/c1-4-5(7)6(2,3)11(8,9)10/h4H,1H2,2-3H3,(H2,8,9,10). The molecule has 0 aromatic rings. The second kappa shape index (κ2) is 2.89. The van der Waals surface area contributed by atoms with Gasteiger partial charge in [0.25, 0.3) is 0 Å². The van der Waals surface area contributed by atoms with Gasteiger partial charge in [-0.25, -0.2) is 0 Å². The first-order valence-corrected chi connectivity index (χ1v) is 4.57. The normalized spacial score (nSPS) is 12.7. The quantitative estimate of drug-likeness (QED) is 0.492. The van der Waals surface area contributed by atoms with Gasteiger partial charge in [0.15, 0.2) is 5.78 Å². The SMILES string of the molecule is C=CC(=O)C(C)(C)P(=O)(O)O. The average Bonchev–Trinajstić information content (AvgIpc) is 1.83. The molecule has 0 radical (unpaired) electrons. The summed E-state index contributed by atoms with van der Waals surface area (Å²) in [7, 11) is -4.36. The Bertz CT molecular complexity index is 225. The highest BCUT2D eigenvalue weighted by Crippen LogP contribution is 2.50. The van der Waals surface area contributed by atoms with Crippen molar-refractivity contribution in [3.8, 4) is 0 Å². The summed E-state index contributed by atoms with van der Waals surface area (Å²) >= 11 is 0. The lowest BCUT2D eigenvalue weighted by Gasteiger charge is -2.21. The van der Waals surface area contributed by atoms with Crippen LogP contribution in [0.4, 0.5) is 0 Å². The van der Waals surface area contributed by atoms with Crippen LogP contribution in [0.5, 0.6) is 0 Å². The van der Waals surface area contributed by atoms with Crippen LogP contribution in [0.3, 0.4) is 0 Å². The van der Waals surface area contributed by atoms with E-state index in [1.54, 1.807) is 0 Å². The van der Waals surface area contributed by atoms with Gasteiger partial charge in [-0.1, -0.05) is 6.58 Å². The molecule has 0 rings (SSSR count). The van der Waals surface area contributed by atoms with Gasteiger partial charge in [-0.05, 0) is 19.9 Å². The van der Waals surface area contributed by atoms with Gasteiger partial charge in [0, 0.05) is 0 Å². The summed E-state index contributed by atoms with van der Waals surface area (Å²) < 4.78 is 10.7. The molecule has 11 heavy (non-hydrogen) atoms. The minimum atomic E-state index is -4.36. The molecule has 0 saturated carbocycles. The molecule has 0 aliphatic rings. The predicted molar refractivity (Wildman–Crippen MR) is 41.3 cm³/mol. The molecule has 0 aliphatic carbocycles. The second-order valence-corrected chi connectivity index (χ2v) is 4.88. The molecule has 4 nitrogen and oxygen atoms in total. The van der Waals surface area contributed by atoms with Crippen LogP contribution < -0.4 is 0 Å². The van der Waals surface area contributed by atoms with E-state index in [0.29, 0.717) is 0 Å². The molecule has 0 saturated heterocycles. The molecular formula is C6H11O4P. The molecule has 0 spiro atoms. The van der Waals surface area contributed by atoms with Gasteiger partial charge in [0.1, 0.15) is 5.16 Å². The fourth-order valence-electron chi connectivity index (χ4n) is 0.393. The van der Waals surface area contributed by atoms with Gasteiger partial charge >= 0.3 is 7.60 Å². The molecular weight excluding hydrogens is 167 g/mol. The highest BCUT2D eigenvalue weighted by atomic mass is 31.2. The highest BCUT2D eigenvalue weighted by molar-refractivity contribution is 7.54. The summed E-state index contributed by atoms with van der Waals surface area (Å²) in [6.07, 6.45) is 0.916. The van der Waals surface area contributed by atoms with Crippen molar-refractivity contribution in [3.05, 3.63) is 12.7 Å². The Morgan fingerprint density at radius 1 is 1.55 bits per heavy atom. The van der Waals surface area contributed by atoms with Crippen LogP contribution >= 0.6 is 7.60 Å². The van der Waals surface area contributed by atoms with E-state index >= 15 is 0 Å². The van der Waals surface area contributed by atoms with Crippen LogP contribution in [-0.2, 0) is 9.36 Å². The predicted octanol–water partition coefficient (Wildman–Crippen LogP) is 0.698. The lowest BCUT2D eigenvalue weighted by Crippen LogP contribution is -2.29. The maximum absolute atomic E-state index is 10.9. The van der Waals surface area contributed by atoms with Crippen molar-refractivity contribution in [2.24, 2.45) is 0 Å². The molecule has 0 fully saturated rings. The Morgan fingerprint density at radius 3 is 2.00 bits per heavy atom. The van der Waals surface area contributed by atoms with Crippen molar-refractivity contribution in [1.29, 1.82) is 0 Å². The molecule has 0 aromatic heterocycles. The van der Waals surface area contributed by atoms with E-state index in [-0.39, 0.29) is 0 Å². The molecule has 64 valence electrons. The van der Waals surface area contributed by atoms with Crippen LogP contribution in [0.15, 0.2) is 12.7 Å². The highest BCUT2D eigenvalue weighted by Gasteiger charge is 2.42. The van der Waals surface area contributed by atoms with Crippen molar-refractivity contribution in [3.63, 3.8) is 0 Å². The smallest absolute Gasteiger partial charge is 0.324 e. The second-order valence-electron chi connectivity index (χ2n) is 2.67. The first-order chi connectivity index (χ1) is 4.73. The van der Waals surface area contributed by atoms with Crippen molar-refractivity contribution in [2.75, 3.05) is 0 Å². The maximum Gasteiger partial charge on any atom is 0.338 e. The third-order valence-electron chi connectivity index (χ3n) is 1.52. The largest absolute Gasteiger partial charge is 0.338 e. The summed E-state index contributed by atoms with van der Waals surface area (Å²) in [5.41, 5.74) is 0. The lowest BCUT2D eigenvalue weighted by molar-refractivity contribution is -0.116. The van der Waals surface area contributed by atoms with E-state index in [9.17, 15) is 9.36 Å². The Hall–Kier alpha value is -0.440.